The van der Waals surface area contributed by atoms with Crippen molar-refractivity contribution >= 4 is 17.5 Å². The predicted octanol–water partition coefficient (Wildman–Crippen LogP) is 3.24. The Kier molecular flexibility index (Phi) is 4.42. The summed E-state index contributed by atoms with van der Waals surface area (Å²) in [7, 11) is 0. The van der Waals surface area contributed by atoms with Crippen LogP contribution in [0.15, 0.2) is 48.9 Å². The van der Waals surface area contributed by atoms with Crippen LogP contribution in [-0.4, -0.2) is 20.2 Å². The third-order valence-corrected chi connectivity index (χ3v) is 3.49. The molecule has 6 heteroatoms. The lowest BCUT2D eigenvalue weighted by atomic mass is 10.1. The van der Waals surface area contributed by atoms with Gasteiger partial charge < -0.3 is 10.6 Å². The molecule has 0 aliphatic carbocycles. The monoisotopic (exact) mass is 306 g/mol. The molecule has 116 valence electrons. The lowest BCUT2D eigenvalue weighted by Crippen LogP contribution is -2.07. The van der Waals surface area contributed by atoms with E-state index in [1.54, 1.807) is 18.6 Å². The first-order valence-corrected chi connectivity index (χ1v) is 7.38. The average Bonchev–Trinajstić information content (AvgIpc) is 2.58. The Hall–Kier alpha value is -3.02. The van der Waals surface area contributed by atoms with Crippen LogP contribution in [0.1, 0.15) is 16.7 Å². The van der Waals surface area contributed by atoms with E-state index in [1.807, 2.05) is 18.2 Å². The van der Waals surface area contributed by atoms with Crippen molar-refractivity contribution in [3.05, 3.63) is 65.6 Å². The molecular weight excluding hydrogens is 288 g/mol. The molecule has 0 atom stereocenters. The van der Waals surface area contributed by atoms with Crippen LogP contribution in [0.5, 0.6) is 0 Å². The van der Waals surface area contributed by atoms with Crippen molar-refractivity contribution in [1.82, 2.24) is 20.2 Å². The topological polar surface area (TPSA) is 75.6 Å². The number of hydrogen-bond acceptors (Lipinski definition) is 6. The van der Waals surface area contributed by atoms with Gasteiger partial charge >= 0.3 is 0 Å². The second-order valence-electron chi connectivity index (χ2n) is 5.27. The first kappa shape index (κ1) is 14.9. The summed E-state index contributed by atoms with van der Waals surface area (Å²) in [6, 6.07) is 10.0. The number of pyridine rings is 1. The maximum absolute atomic E-state index is 4.45. The first-order chi connectivity index (χ1) is 11.2. The zero-order valence-corrected chi connectivity index (χ0v) is 13.1. The fraction of sp³-hybridized carbons (Fsp3) is 0.176. The van der Waals surface area contributed by atoms with Gasteiger partial charge in [-0.3, -0.25) is 4.98 Å². The molecule has 0 radical (unpaired) electrons. The Balaban J connectivity index is 1.72. The minimum absolute atomic E-state index is 0.484. The van der Waals surface area contributed by atoms with Gasteiger partial charge in [-0.15, -0.1) is 5.10 Å². The number of aromatic nitrogens is 4. The van der Waals surface area contributed by atoms with Gasteiger partial charge in [-0.25, -0.2) is 0 Å². The van der Waals surface area contributed by atoms with Gasteiger partial charge in [0, 0.05) is 24.6 Å². The molecule has 2 aromatic heterocycles. The SMILES string of the molecule is Cc1cccc(C)c1Nc1cnnc(NCc2ccncc2)n1. The molecule has 2 heterocycles. The lowest BCUT2D eigenvalue weighted by molar-refractivity contribution is 0.947. The van der Waals surface area contributed by atoms with Crippen molar-refractivity contribution in [2.45, 2.75) is 20.4 Å². The van der Waals surface area contributed by atoms with E-state index in [0.717, 1.165) is 22.4 Å². The average molecular weight is 306 g/mol. The Morgan fingerprint density at radius 1 is 1.00 bits per heavy atom. The van der Waals surface area contributed by atoms with Crippen molar-refractivity contribution in [2.75, 3.05) is 10.6 Å². The Labute approximate surface area is 135 Å². The molecule has 3 aromatic rings. The lowest BCUT2D eigenvalue weighted by Gasteiger charge is -2.12. The maximum Gasteiger partial charge on any atom is 0.244 e. The summed E-state index contributed by atoms with van der Waals surface area (Å²) in [5, 5.41) is 14.5. The quantitative estimate of drug-likeness (QED) is 0.753. The van der Waals surface area contributed by atoms with Gasteiger partial charge in [0.2, 0.25) is 5.95 Å². The molecule has 2 N–H and O–H groups in total. The Morgan fingerprint density at radius 2 is 1.74 bits per heavy atom. The number of aryl methyl sites for hydroxylation is 2. The van der Waals surface area contributed by atoms with E-state index in [1.165, 1.54) is 0 Å². The number of para-hydroxylation sites is 1. The van der Waals surface area contributed by atoms with Gasteiger partial charge in [0.15, 0.2) is 5.82 Å². The molecule has 0 saturated carbocycles. The smallest absolute Gasteiger partial charge is 0.244 e. The van der Waals surface area contributed by atoms with Crippen LogP contribution < -0.4 is 10.6 Å². The molecule has 0 unspecified atom stereocenters. The number of hydrogen-bond donors (Lipinski definition) is 2. The van der Waals surface area contributed by atoms with E-state index in [9.17, 15) is 0 Å². The summed E-state index contributed by atoms with van der Waals surface area (Å²) in [4.78, 5) is 8.45. The molecule has 0 aliphatic rings. The van der Waals surface area contributed by atoms with E-state index < -0.39 is 0 Å². The Morgan fingerprint density at radius 3 is 2.48 bits per heavy atom. The second kappa shape index (κ2) is 6.83. The fourth-order valence-electron chi connectivity index (χ4n) is 2.26. The standard InChI is InChI=1S/C17H18N6/c1-12-4-3-5-13(2)16(12)21-15-11-20-23-17(22-15)19-10-14-6-8-18-9-7-14/h3-9,11H,10H2,1-2H3,(H2,19,21,22,23). The molecule has 0 bridgehead atoms. The normalized spacial score (nSPS) is 10.3. The van der Waals surface area contributed by atoms with Crippen LogP contribution in [0.4, 0.5) is 17.5 Å². The predicted molar refractivity (Wildman–Crippen MR) is 90.6 cm³/mol. The highest BCUT2D eigenvalue weighted by Crippen LogP contribution is 2.23. The van der Waals surface area contributed by atoms with E-state index in [2.05, 4.69) is 56.8 Å². The van der Waals surface area contributed by atoms with Gasteiger partial charge in [-0.2, -0.15) is 10.1 Å². The third kappa shape index (κ3) is 3.79. The van der Waals surface area contributed by atoms with Crippen molar-refractivity contribution in [1.29, 1.82) is 0 Å². The fourth-order valence-corrected chi connectivity index (χ4v) is 2.26. The zero-order chi connectivity index (χ0) is 16.1. The summed E-state index contributed by atoms with van der Waals surface area (Å²) in [6.45, 7) is 4.75. The van der Waals surface area contributed by atoms with Crippen molar-refractivity contribution < 1.29 is 0 Å². The minimum atomic E-state index is 0.484. The number of nitrogens with one attached hydrogen (secondary N) is 2. The van der Waals surface area contributed by atoms with Crippen LogP contribution in [0, 0.1) is 13.8 Å². The van der Waals surface area contributed by atoms with Crippen LogP contribution in [0.25, 0.3) is 0 Å². The second-order valence-corrected chi connectivity index (χ2v) is 5.27. The summed E-state index contributed by atoms with van der Waals surface area (Å²) >= 11 is 0. The largest absolute Gasteiger partial charge is 0.349 e. The molecule has 0 aliphatic heterocycles. The van der Waals surface area contributed by atoms with E-state index in [-0.39, 0.29) is 0 Å². The Bertz CT molecular complexity index is 768. The van der Waals surface area contributed by atoms with Crippen LogP contribution in [0.3, 0.4) is 0 Å². The molecular formula is C17H18N6. The van der Waals surface area contributed by atoms with Crippen molar-refractivity contribution in [3.63, 3.8) is 0 Å². The number of nitrogens with zero attached hydrogens (tertiary/aromatic N) is 4. The molecule has 0 amide bonds. The zero-order valence-electron chi connectivity index (χ0n) is 13.1. The molecule has 0 fully saturated rings. The van der Waals surface area contributed by atoms with Crippen LogP contribution in [-0.2, 0) is 6.54 Å². The molecule has 0 spiro atoms. The molecule has 6 nitrogen and oxygen atoms in total. The minimum Gasteiger partial charge on any atom is -0.349 e. The first-order valence-electron chi connectivity index (χ1n) is 7.38. The van der Waals surface area contributed by atoms with Gasteiger partial charge in [-0.1, -0.05) is 18.2 Å². The third-order valence-electron chi connectivity index (χ3n) is 3.49. The molecule has 23 heavy (non-hydrogen) atoms. The molecule has 1 aromatic carbocycles. The maximum atomic E-state index is 4.45. The highest BCUT2D eigenvalue weighted by atomic mass is 15.3. The number of anilines is 3. The summed E-state index contributed by atoms with van der Waals surface area (Å²) < 4.78 is 0. The van der Waals surface area contributed by atoms with Gasteiger partial charge in [0.1, 0.15) is 0 Å². The number of rotatable bonds is 5. The van der Waals surface area contributed by atoms with E-state index >= 15 is 0 Å². The van der Waals surface area contributed by atoms with E-state index in [4.69, 9.17) is 0 Å². The molecule has 0 saturated heterocycles. The highest BCUT2D eigenvalue weighted by molar-refractivity contribution is 5.64. The van der Waals surface area contributed by atoms with Crippen molar-refractivity contribution in [2.24, 2.45) is 0 Å². The van der Waals surface area contributed by atoms with Gasteiger partial charge in [-0.05, 0) is 42.7 Å². The van der Waals surface area contributed by atoms with Crippen LogP contribution in [0.2, 0.25) is 0 Å². The summed E-state index contributed by atoms with van der Waals surface area (Å²) in [6.07, 6.45) is 5.13. The summed E-state index contributed by atoms with van der Waals surface area (Å²) in [5.74, 6) is 1.15. The van der Waals surface area contributed by atoms with E-state index in [0.29, 0.717) is 18.3 Å². The highest BCUT2D eigenvalue weighted by Gasteiger charge is 2.05. The van der Waals surface area contributed by atoms with Gasteiger partial charge in [0.25, 0.3) is 0 Å². The number of benzene rings is 1. The summed E-state index contributed by atoms with van der Waals surface area (Å²) in [5.41, 5.74) is 4.48. The van der Waals surface area contributed by atoms with Gasteiger partial charge in [0.05, 0.1) is 6.20 Å². The molecule has 3 rings (SSSR count). The van der Waals surface area contributed by atoms with Crippen molar-refractivity contribution in [3.8, 4) is 0 Å². The van der Waals surface area contributed by atoms with Crippen LogP contribution >= 0.6 is 0 Å².